The maximum atomic E-state index is 15.1. The molecule has 1 fully saturated rings. The van der Waals surface area contributed by atoms with Gasteiger partial charge in [-0.15, -0.1) is 0 Å². The fraction of sp³-hybridized carbons (Fsp3) is 0.459. The van der Waals surface area contributed by atoms with Gasteiger partial charge in [0.2, 0.25) is 21.7 Å². The minimum absolute atomic E-state index is 0.0970. The van der Waals surface area contributed by atoms with Crippen LogP contribution in [0, 0.1) is 29.1 Å². The van der Waals surface area contributed by atoms with Crippen molar-refractivity contribution in [3.8, 4) is 0 Å². The first-order valence-corrected chi connectivity index (χ1v) is 18.8. The van der Waals surface area contributed by atoms with E-state index in [9.17, 15) is 49.8 Å². The summed E-state index contributed by atoms with van der Waals surface area (Å²) in [5.74, 6) is -14.3. The van der Waals surface area contributed by atoms with Gasteiger partial charge in [-0.1, -0.05) is 39.0 Å². The molecule has 2 aromatic carbocycles. The summed E-state index contributed by atoms with van der Waals surface area (Å²) in [6.45, 7) is 2.47. The minimum Gasteiger partial charge on any atom is -0.384 e. The van der Waals surface area contributed by atoms with Gasteiger partial charge in [0.25, 0.3) is 0 Å². The van der Waals surface area contributed by atoms with Crippen LogP contribution in [0.25, 0.3) is 0 Å². The van der Waals surface area contributed by atoms with Gasteiger partial charge in [0.05, 0.1) is 23.5 Å². The van der Waals surface area contributed by atoms with Crippen LogP contribution in [0.15, 0.2) is 52.9 Å². The summed E-state index contributed by atoms with van der Waals surface area (Å²) in [4.78, 5) is 18.2. The van der Waals surface area contributed by atoms with Crippen LogP contribution in [0.3, 0.4) is 0 Å². The molecule has 3 aromatic rings. The molecule has 1 amide bonds. The number of likely N-dealkylation sites (N-methyl/N-ethyl adjacent to an activating group) is 1. The molecule has 1 aromatic heterocycles. The van der Waals surface area contributed by atoms with E-state index >= 15 is 8.78 Å². The molecule has 0 radical (unpaired) electrons. The van der Waals surface area contributed by atoms with E-state index in [0.717, 1.165) is 35.1 Å². The van der Waals surface area contributed by atoms with Gasteiger partial charge >= 0.3 is 6.18 Å². The fourth-order valence-electron chi connectivity index (χ4n) is 6.39. The van der Waals surface area contributed by atoms with E-state index in [0.29, 0.717) is 23.5 Å². The normalized spacial score (nSPS) is 17.6. The highest BCUT2D eigenvalue weighted by Crippen LogP contribution is 2.42. The lowest BCUT2D eigenvalue weighted by atomic mass is 9.84. The van der Waals surface area contributed by atoms with Crippen molar-refractivity contribution in [3.63, 3.8) is 0 Å². The van der Waals surface area contributed by atoms with E-state index in [4.69, 9.17) is 0 Å². The fourth-order valence-corrected chi connectivity index (χ4v) is 7.87. The zero-order valence-corrected chi connectivity index (χ0v) is 31.8. The van der Waals surface area contributed by atoms with Gasteiger partial charge in [-0.05, 0) is 52.5 Å². The second kappa shape index (κ2) is 15.9. The molecule has 10 nitrogen and oxygen atoms in total. The average Bonchev–Trinajstić information content (AvgIpc) is 3.97. The molecular weight excluding hydrogens is 778 g/mol. The Kier molecular flexibility index (Phi) is 12.2. The number of pyridine rings is 1. The molecule has 0 aliphatic heterocycles. The number of hydrogen-bond acceptors (Lipinski definition) is 8. The molecule has 1 saturated carbocycles. The number of aliphatic hydroxyl groups is 2. The standard InChI is InChI=1S/C37H41F8N5O5S/c1-36(2,3)23-13-19(12-21(14-23)20-6-7-20)16-49(11-10-47-31-32(48(4)5)34(53)33(31)52)25(51)18-50(17-22-15-46-9-8-24(22)37(43,44)45)56(54,55)35-29(41)27(39)26(38)28(40)30(35)42/h8-9,12-15,20,33-34,47,52-53H,6-7,10-11,16-18H2,1-5H3. The van der Waals surface area contributed by atoms with Crippen molar-refractivity contribution in [3.05, 3.63) is 105 Å². The average molecular weight is 820 g/mol. The van der Waals surface area contributed by atoms with Crippen molar-refractivity contribution >= 4 is 15.9 Å². The van der Waals surface area contributed by atoms with Crippen LogP contribution in [0.5, 0.6) is 0 Å². The van der Waals surface area contributed by atoms with Gasteiger partial charge in [-0.2, -0.15) is 17.5 Å². The number of halogens is 8. The lowest BCUT2D eigenvalue weighted by Crippen LogP contribution is -2.52. The molecule has 1 heterocycles. The van der Waals surface area contributed by atoms with Crippen LogP contribution < -0.4 is 5.32 Å². The second-order valence-corrected chi connectivity index (χ2v) is 16.9. The molecule has 5 rings (SSSR count). The SMILES string of the molecule is CN(C)C1=C(NCCN(Cc2cc(C3CC3)cc(C(C)(C)C)c2)C(=O)CN(Cc2cnccc2C(F)(F)F)S(=O)(=O)c2c(F)c(F)c(F)c(F)c2F)C(O)C1O. The summed E-state index contributed by atoms with van der Waals surface area (Å²) in [7, 11) is -2.74. The third-order valence-corrected chi connectivity index (χ3v) is 11.4. The number of aliphatic hydroxyl groups excluding tert-OH is 2. The second-order valence-electron chi connectivity index (χ2n) is 15.0. The molecule has 0 bridgehead atoms. The number of carbonyl (C=O) groups is 1. The van der Waals surface area contributed by atoms with Crippen LogP contribution in [0.4, 0.5) is 35.1 Å². The Morgan fingerprint density at radius 1 is 0.911 bits per heavy atom. The first-order valence-electron chi connectivity index (χ1n) is 17.4. The Hall–Kier alpha value is -4.33. The van der Waals surface area contributed by atoms with Gasteiger partial charge in [-0.25, -0.2) is 30.4 Å². The summed E-state index contributed by atoms with van der Waals surface area (Å²) >= 11 is 0. The number of hydrogen-bond donors (Lipinski definition) is 3. The monoisotopic (exact) mass is 819 g/mol. The Bertz CT molecular complexity index is 2110. The Balaban J connectivity index is 1.58. The smallest absolute Gasteiger partial charge is 0.384 e. The van der Waals surface area contributed by atoms with Crippen molar-refractivity contribution in [2.24, 2.45) is 0 Å². The predicted octanol–water partition coefficient (Wildman–Crippen LogP) is 5.29. The molecule has 56 heavy (non-hydrogen) atoms. The van der Waals surface area contributed by atoms with E-state index in [1.54, 1.807) is 19.0 Å². The summed E-state index contributed by atoms with van der Waals surface area (Å²) < 4.78 is 143. The van der Waals surface area contributed by atoms with Crippen molar-refractivity contribution in [2.45, 2.75) is 81.3 Å². The van der Waals surface area contributed by atoms with E-state index in [-0.39, 0.29) is 41.0 Å². The number of nitrogens with zero attached hydrogens (tertiary/aromatic N) is 4. The molecule has 2 aliphatic carbocycles. The number of carbonyl (C=O) groups excluding carboxylic acids is 1. The molecule has 19 heteroatoms. The van der Waals surface area contributed by atoms with Crippen LogP contribution in [0.1, 0.15) is 67.3 Å². The highest BCUT2D eigenvalue weighted by Gasteiger charge is 2.42. The van der Waals surface area contributed by atoms with Gasteiger partial charge < -0.3 is 25.3 Å². The molecule has 306 valence electrons. The Morgan fingerprint density at radius 2 is 1.52 bits per heavy atom. The quantitative estimate of drug-likeness (QED) is 0.114. The maximum absolute atomic E-state index is 15.1. The molecule has 2 aliphatic rings. The number of aromatic nitrogens is 1. The maximum Gasteiger partial charge on any atom is 0.416 e. The van der Waals surface area contributed by atoms with Crippen molar-refractivity contribution < 1.29 is 58.5 Å². The van der Waals surface area contributed by atoms with Crippen molar-refractivity contribution in [2.75, 3.05) is 33.7 Å². The molecule has 2 atom stereocenters. The number of benzene rings is 2. The first kappa shape index (κ1) is 42.8. The topological polar surface area (TPSA) is 126 Å². The van der Waals surface area contributed by atoms with Gasteiger partial charge in [0.1, 0.15) is 12.2 Å². The lowest BCUT2D eigenvalue weighted by molar-refractivity contribution is -0.138. The van der Waals surface area contributed by atoms with Crippen LogP contribution in [0.2, 0.25) is 0 Å². The lowest BCUT2D eigenvalue weighted by Gasteiger charge is -2.39. The van der Waals surface area contributed by atoms with Gasteiger partial charge in [0.15, 0.2) is 28.2 Å². The number of rotatable bonds is 14. The Labute approximate surface area is 318 Å². The largest absolute Gasteiger partial charge is 0.416 e. The first-order chi connectivity index (χ1) is 25.9. The van der Waals surface area contributed by atoms with E-state index in [2.05, 4.69) is 10.3 Å². The number of sulfonamides is 1. The number of nitrogens with one attached hydrogen (secondary N) is 1. The van der Waals surface area contributed by atoms with Crippen LogP contribution in [-0.4, -0.2) is 89.6 Å². The zero-order chi connectivity index (χ0) is 41.7. The Morgan fingerprint density at radius 3 is 2.07 bits per heavy atom. The summed E-state index contributed by atoms with van der Waals surface area (Å²) in [5.41, 5.74) is 0.369. The number of alkyl halides is 3. The van der Waals surface area contributed by atoms with E-state index in [1.807, 2.05) is 39.0 Å². The summed E-state index contributed by atoms with van der Waals surface area (Å²) in [5, 5.41) is 23.5. The van der Waals surface area contributed by atoms with Crippen LogP contribution in [-0.2, 0) is 39.5 Å². The summed E-state index contributed by atoms with van der Waals surface area (Å²) in [6, 6.07) is 6.21. The van der Waals surface area contributed by atoms with E-state index < -0.39 is 92.5 Å². The van der Waals surface area contributed by atoms with E-state index in [1.165, 1.54) is 0 Å². The third-order valence-electron chi connectivity index (χ3n) is 9.62. The van der Waals surface area contributed by atoms with Crippen molar-refractivity contribution in [1.82, 2.24) is 24.4 Å². The minimum atomic E-state index is -5.98. The predicted molar refractivity (Wildman–Crippen MR) is 186 cm³/mol. The van der Waals surface area contributed by atoms with Crippen molar-refractivity contribution in [1.29, 1.82) is 0 Å². The highest BCUT2D eigenvalue weighted by molar-refractivity contribution is 7.89. The molecular formula is C37H41F8N5O5S. The number of amides is 1. The molecule has 0 saturated heterocycles. The molecule has 3 N–H and O–H groups in total. The third kappa shape index (κ3) is 8.79. The molecule has 2 unspecified atom stereocenters. The zero-order valence-electron chi connectivity index (χ0n) is 31.0. The van der Waals surface area contributed by atoms with Gasteiger partial charge in [0, 0.05) is 52.7 Å². The van der Waals surface area contributed by atoms with Crippen LogP contribution >= 0.6 is 0 Å². The van der Waals surface area contributed by atoms with Gasteiger partial charge in [-0.3, -0.25) is 9.78 Å². The highest BCUT2D eigenvalue weighted by atomic mass is 32.2. The molecule has 0 spiro atoms. The summed E-state index contributed by atoms with van der Waals surface area (Å²) in [6.07, 6.45) is -4.43.